The number of rotatable bonds is 3. The molecule has 0 aliphatic heterocycles. The van der Waals surface area contributed by atoms with Gasteiger partial charge in [-0.1, -0.05) is 18.5 Å². The van der Waals surface area contributed by atoms with E-state index in [1.54, 1.807) is 12.3 Å². The molecule has 1 saturated carbocycles. The Morgan fingerprint density at radius 1 is 1.60 bits per heavy atom. The van der Waals surface area contributed by atoms with Crippen LogP contribution in [0.4, 0.5) is 5.69 Å². The lowest BCUT2D eigenvalue weighted by molar-refractivity contribution is -0.127. The van der Waals surface area contributed by atoms with Crippen molar-refractivity contribution in [3.8, 4) is 0 Å². The first-order valence-corrected chi connectivity index (χ1v) is 7.96. The predicted octanol–water partition coefficient (Wildman–Crippen LogP) is 3.59. The molecule has 1 aliphatic carbocycles. The molecule has 0 saturated heterocycles. The smallest absolute Gasteiger partial charge is 0.231 e. The number of nitrogens with zero attached hydrogens (tertiary/aromatic N) is 1. The first-order valence-electron chi connectivity index (χ1n) is 6.79. The zero-order chi connectivity index (χ0) is 14.8. The van der Waals surface area contributed by atoms with Crippen LogP contribution in [0.25, 0.3) is 0 Å². The van der Waals surface area contributed by atoms with Crippen molar-refractivity contribution < 1.29 is 4.79 Å². The maximum Gasteiger partial charge on any atom is 0.231 e. The predicted molar refractivity (Wildman–Crippen MR) is 84.7 cm³/mol. The van der Waals surface area contributed by atoms with E-state index in [2.05, 4.69) is 33.2 Å². The Kier molecular flexibility index (Phi) is 5.04. The normalized spacial score (nSPS) is 26.3. The van der Waals surface area contributed by atoms with Gasteiger partial charge in [-0.2, -0.15) is 0 Å². The number of nitrogens with two attached hydrogens (primary N) is 1. The van der Waals surface area contributed by atoms with Crippen molar-refractivity contribution in [3.63, 3.8) is 0 Å². The standard InChI is InChI=1S/C14H19BrClN3O/c1-9-2-4-14(8-17,5-3-9)13(20)19-11-6-10(15)7-18-12(11)16/h6-7,9H,2-5,8,17H2,1H3,(H,19,20). The highest BCUT2D eigenvalue weighted by molar-refractivity contribution is 9.10. The Hall–Kier alpha value is -0.650. The van der Waals surface area contributed by atoms with Gasteiger partial charge in [-0.3, -0.25) is 4.79 Å². The second-order valence-electron chi connectivity index (χ2n) is 5.61. The van der Waals surface area contributed by atoms with Gasteiger partial charge >= 0.3 is 0 Å². The highest BCUT2D eigenvalue weighted by Gasteiger charge is 2.40. The summed E-state index contributed by atoms with van der Waals surface area (Å²) in [7, 11) is 0. The minimum Gasteiger partial charge on any atom is -0.329 e. The van der Waals surface area contributed by atoms with Gasteiger partial charge in [-0.05, 0) is 53.6 Å². The molecule has 0 unspecified atom stereocenters. The second-order valence-corrected chi connectivity index (χ2v) is 6.89. The van der Waals surface area contributed by atoms with Gasteiger partial charge in [0, 0.05) is 17.2 Å². The zero-order valence-electron chi connectivity index (χ0n) is 11.5. The third-order valence-corrected chi connectivity index (χ3v) is 4.89. The molecule has 1 aromatic rings. The molecule has 4 nitrogen and oxygen atoms in total. The number of aromatic nitrogens is 1. The molecule has 6 heteroatoms. The van der Waals surface area contributed by atoms with Crippen molar-refractivity contribution in [2.75, 3.05) is 11.9 Å². The molecule has 1 aliphatic rings. The molecule has 0 aromatic carbocycles. The summed E-state index contributed by atoms with van der Waals surface area (Å²) in [5.41, 5.74) is 5.94. The number of carbonyl (C=O) groups excluding carboxylic acids is 1. The minimum atomic E-state index is -0.474. The van der Waals surface area contributed by atoms with E-state index in [4.69, 9.17) is 17.3 Å². The Labute approximate surface area is 132 Å². The van der Waals surface area contributed by atoms with Crippen LogP contribution in [0, 0.1) is 11.3 Å². The van der Waals surface area contributed by atoms with Crippen LogP contribution in [-0.4, -0.2) is 17.4 Å². The lowest BCUT2D eigenvalue weighted by Crippen LogP contribution is -2.44. The molecule has 1 amide bonds. The molecule has 2 rings (SSSR count). The van der Waals surface area contributed by atoms with E-state index in [9.17, 15) is 4.79 Å². The number of hydrogen-bond acceptors (Lipinski definition) is 3. The lowest BCUT2D eigenvalue weighted by atomic mass is 9.70. The molecule has 0 atom stereocenters. The van der Waals surface area contributed by atoms with Gasteiger partial charge in [-0.15, -0.1) is 0 Å². The van der Waals surface area contributed by atoms with Gasteiger partial charge in [0.1, 0.15) is 0 Å². The molecule has 0 radical (unpaired) electrons. The van der Waals surface area contributed by atoms with Gasteiger partial charge in [0.25, 0.3) is 0 Å². The van der Waals surface area contributed by atoms with E-state index in [1.807, 2.05) is 0 Å². The van der Waals surface area contributed by atoms with E-state index >= 15 is 0 Å². The second kappa shape index (κ2) is 6.41. The fourth-order valence-corrected chi connectivity index (χ4v) is 3.09. The van der Waals surface area contributed by atoms with Gasteiger partial charge in [0.05, 0.1) is 11.1 Å². The average Bonchev–Trinajstić information content (AvgIpc) is 2.44. The number of anilines is 1. The SMILES string of the molecule is CC1CCC(CN)(C(=O)Nc2cc(Br)cnc2Cl)CC1. The van der Waals surface area contributed by atoms with E-state index < -0.39 is 5.41 Å². The topological polar surface area (TPSA) is 68.0 Å². The van der Waals surface area contributed by atoms with E-state index in [0.717, 1.165) is 30.2 Å². The van der Waals surface area contributed by atoms with Crippen molar-refractivity contribution in [2.24, 2.45) is 17.1 Å². The summed E-state index contributed by atoms with van der Waals surface area (Å²) in [4.78, 5) is 16.6. The molecule has 3 N–H and O–H groups in total. The van der Waals surface area contributed by atoms with Gasteiger partial charge in [-0.25, -0.2) is 4.98 Å². The van der Waals surface area contributed by atoms with Gasteiger partial charge in [0.15, 0.2) is 5.15 Å². The van der Waals surface area contributed by atoms with Crippen LogP contribution in [0.5, 0.6) is 0 Å². The summed E-state index contributed by atoms with van der Waals surface area (Å²) in [5, 5.41) is 3.17. The number of hydrogen-bond donors (Lipinski definition) is 2. The largest absolute Gasteiger partial charge is 0.329 e. The maximum absolute atomic E-state index is 12.6. The first kappa shape index (κ1) is 15.7. The summed E-state index contributed by atoms with van der Waals surface area (Å²) in [6, 6.07) is 1.75. The number of pyridine rings is 1. The van der Waals surface area contributed by atoms with Crippen LogP contribution in [-0.2, 0) is 4.79 Å². The molecule has 0 bridgehead atoms. The number of nitrogens with one attached hydrogen (secondary N) is 1. The summed E-state index contributed by atoms with van der Waals surface area (Å²) >= 11 is 9.34. The van der Waals surface area contributed by atoms with E-state index in [0.29, 0.717) is 18.2 Å². The Bertz CT molecular complexity index is 501. The Balaban J connectivity index is 2.15. The Morgan fingerprint density at radius 2 is 2.25 bits per heavy atom. The number of carbonyl (C=O) groups is 1. The molecule has 1 heterocycles. The molecule has 20 heavy (non-hydrogen) atoms. The molecular formula is C14H19BrClN3O. The monoisotopic (exact) mass is 359 g/mol. The zero-order valence-corrected chi connectivity index (χ0v) is 13.8. The molecule has 1 fully saturated rings. The van der Waals surface area contributed by atoms with Gasteiger partial charge < -0.3 is 11.1 Å². The highest BCUT2D eigenvalue weighted by Crippen LogP contribution is 2.39. The van der Waals surface area contributed by atoms with Crippen LogP contribution in [0.1, 0.15) is 32.6 Å². The lowest BCUT2D eigenvalue weighted by Gasteiger charge is -2.37. The van der Waals surface area contributed by atoms with Crippen LogP contribution < -0.4 is 11.1 Å². The summed E-state index contributed by atoms with van der Waals surface area (Å²) in [6.07, 6.45) is 5.33. The maximum atomic E-state index is 12.6. The highest BCUT2D eigenvalue weighted by atomic mass is 79.9. The molecule has 110 valence electrons. The van der Waals surface area contributed by atoms with Gasteiger partial charge in [0.2, 0.25) is 5.91 Å². The van der Waals surface area contributed by atoms with Crippen LogP contribution in [0.3, 0.4) is 0 Å². The molecule has 1 aromatic heterocycles. The van der Waals surface area contributed by atoms with Crippen LogP contribution in [0.2, 0.25) is 5.15 Å². The average molecular weight is 361 g/mol. The third-order valence-electron chi connectivity index (χ3n) is 4.16. The van der Waals surface area contributed by atoms with Crippen molar-refractivity contribution in [1.82, 2.24) is 4.98 Å². The van der Waals surface area contributed by atoms with Crippen molar-refractivity contribution in [2.45, 2.75) is 32.6 Å². The summed E-state index contributed by atoms with van der Waals surface area (Å²) in [6.45, 7) is 2.58. The van der Waals surface area contributed by atoms with Crippen molar-refractivity contribution in [1.29, 1.82) is 0 Å². The van der Waals surface area contributed by atoms with Crippen molar-refractivity contribution in [3.05, 3.63) is 21.9 Å². The molecular weight excluding hydrogens is 342 g/mol. The minimum absolute atomic E-state index is 0.0475. The number of amides is 1. The summed E-state index contributed by atoms with van der Waals surface area (Å²) in [5.74, 6) is 0.618. The number of halogens is 2. The van der Waals surface area contributed by atoms with Crippen LogP contribution >= 0.6 is 27.5 Å². The fourth-order valence-electron chi connectivity index (χ4n) is 2.60. The molecule has 0 spiro atoms. The quantitative estimate of drug-likeness (QED) is 0.809. The first-order chi connectivity index (χ1) is 9.47. The fraction of sp³-hybridized carbons (Fsp3) is 0.571. The third kappa shape index (κ3) is 3.32. The Morgan fingerprint density at radius 3 is 2.85 bits per heavy atom. The summed E-state index contributed by atoms with van der Waals surface area (Å²) < 4.78 is 0.774. The van der Waals surface area contributed by atoms with Crippen LogP contribution in [0.15, 0.2) is 16.7 Å². The van der Waals surface area contributed by atoms with E-state index in [-0.39, 0.29) is 11.1 Å². The van der Waals surface area contributed by atoms with E-state index in [1.165, 1.54) is 0 Å². The van der Waals surface area contributed by atoms with Crippen molar-refractivity contribution >= 4 is 39.1 Å².